The Hall–Kier alpha value is -1.46. The zero-order valence-corrected chi connectivity index (χ0v) is 14.4. The molecule has 0 rings (SSSR count). The smallest absolute Gasteiger partial charge is 0.407 e. The van der Waals surface area contributed by atoms with Crippen molar-refractivity contribution in [2.45, 2.75) is 53.6 Å². The van der Waals surface area contributed by atoms with Gasteiger partial charge in [0.2, 0.25) is 0 Å². The lowest BCUT2D eigenvalue weighted by Gasteiger charge is -2.20. The maximum atomic E-state index is 11.5. The highest BCUT2D eigenvalue weighted by Gasteiger charge is 2.15. The van der Waals surface area contributed by atoms with Gasteiger partial charge in [-0.25, -0.2) is 4.79 Å². The lowest BCUT2D eigenvalue weighted by Crippen LogP contribution is -2.42. The molecule has 0 aromatic heterocycles. The molecule has 0 saturated carbocycles. The van der Waals surface area contributed by atoms with Gasteiger partial charge in [0.15, 0.2) is 5.96 Å². The van der Waals surface area contributed by atoms with Crippen molar-refractivity contribution in [3.63, 3.8) is 0 Å². The molecule has 21 heavy (non-hydrogen) atoms. The van der Waals surface area contributed by atoms with Gasteiger partial charge in [0.25, 0.3) is 0 Å². The highest BCUT2D eigenvalue weighted by Crippen LogP contribution is 2.05. The van der Waals surface area contributed by atoms with Gasteiger partial charge in [0, 0.05) is 26.2 Å². The first-order chi connectivity index (χ1) is 9.74. The Morgan fingerprint density at radius 1 is 1.14 bits per heavy atom. The van der Waals surface area contributed by atoms with Gasteiger partial charge in [0.1, 0.15) is 5.60 Å². The van der Waals surface area contributed by atoms with Crippen molar-refractivity contribution in [3.05, 3.63) is 0 Å². The molecule has 0 radical (unpaired) electrons. The van der Waals surface area contributed by atoms with Crippen molar-refractivity contribution in [2.75, 3.05) is 26.2 Å². The van der Waals surface area contributed by atoms with Gasteiger partial charge in [-0.05, 0) is 40.0 Å². The summed E-state index contributed by atoms with van der Waals surface area (Å²) < 4.78 is 5.16. The van der Waals surface area contributed by atoms with Gasteiger partial charge in [-0.1, -0.05) is 13.8 Å². The quantitative estimate of drug-likeness (QED) is 0.382. The van der Waals surface area contributed by atoms with E-state index in [1.165, 1.54) is 0 Å². The van der Waals surface area contributed by atoms with E-state index < -0.39 is 11.7 Å². The molecule has 0 unspecified atom stereocenters. The number of carbonyl (C=O) groups is 1. The van der Waals surface area contributed by atoms with E-state index >= 15 is 0 Å². The van der Waals surface area contributed by atoms with Crippen LogP contribution in [0, 0.1) is 5.92 Å². The minimum absolute atomic E-state index is 0.397. The fourth-order valence-electron chi connectivity index (χ4n) is 1.44. The minimum atomic E-state index is -0.468. The van der Waals surface area contributed by atoms with Gasteiger partial charge >= 0.3 is 6.09 Å². The predicted molar refractivity (Wildman–Crippen MR) is 87.7 cm³/mol. The van der Waals surface area contributed by atoms with Crippen LogP contribution >= 0.6 is 0 Å². The van der Waals surface area contributed by atoms with Crippen molar-refractivity contribution in [2.24, 2.45) is 10.9 Å². The molecule has 0 heterocycles. The molecular weight excluding hydrogens is 268 g/mol. The Kier molecular flexibility index (Phi) is 9.58. The molecule has 0 fully saturated rings. The number of hydrogen-bond acceptors (Lipinski definition) is 3. The third-order valence-corrected chi connectivity index (χ3v) is 2.41. The van der Waals surface area contributed by atoms with Gasteiger partial charge in [-0.2, -0.15) is 0 Å². The summed E-state index contributed by atoms with van der Waals surface area (Å²) in [5, 5.41) is 9.06. The molecule has 0 aliphatic rings. The van der Waals surface area contributed by atoms with E-state index in [-0.39, 0.29) is 0 Å². The van der Waals surface area contributed by atoms with Crippen LogP contribution in [-0.2, 0) is 4.74 Å². The van der Waals surface area contributed by atoms with E-state index in [0.717, 1.165) is 25.5 Å². The van der Waals surface area contributed by atoms with Crippen molar-refractivity contribution in [1.82, 2.24) is 16.0 Å². The molecule has 0 bridgehead atoms. The number of amides is 1. The van der Waals surface area contributed by atoms with Gasteiger partial charge < -0.3 is 20.7 Å². The lowest BCUT2D eigenvalue weighted by atomic mass is 10.1. The normalized spacial score (nSPS) is 12.2. The summed E-state index contributed by atoms with van der Waals surface area (Å²) >= 11 is 0. The maximum Gasteiger partial charge on any atom is 0.407 e. The molecule has 0 spiro atoms. The van der Waals surface area contributed by atoms with Crippen LogP contribution in [0.15, 0.2) is 4.99 Å². The Bertz CT molecular complexity index is 322. The average molecular weight is 300 g/mol. The van der Waals surface area contributed by atoms with Gasteiger partial charge in [0.05, 0.1) is 0 Å². The molecular formula is C15H32N4O2. The summed E-state index contributed by atoms with van der Waals surface area (Å²) in [6, 6.07) is 0. The summed E-state index contributed by atoms with van der Waals surface area (Å²) in [4.78, 5) is 15.9. The van der Waals surface area contributed by atoms with E-state index in [1.807, 2.05) is 27.7 Å². The number of nitrogens with zero attached hydrogens (tertiary/aromatic N) is 1. The van der Waals surface area contributed by atoms with Crippen LogP contribution in [0.5, 0.6) is 0 Å². The predicted octanol–water partition coefficient (Wildman–Crippen LogP) is 2.11. The summed E-state index contributed by atoms with van der Waals surface area (Å²) in [6.45, 7) is 14.6. The molecule has 0 saturated heterocycles. The first-order valence-corrected chi connectivity index (χ1v) is 7.73. The second-order valence-corrected chi connectivity index (χ2v) is 6.30. The van der Waals surface area contributed by atoms with Gasteiger partial charge in [-0.3, -0.25) is 4.99 Å². The van der Waals surface area contributed by atoms with Crippen molar-refractivity contribution < 1.29 is 9.53 Å². The molecule has 3 N–H and O–H groups in total. The fraction of sp³-hybridized carbons (Fsp3) is 0.867. The average Bonchev–Trinajstić information content (AvgIpc) is 2.31. The number of alkyl carbamates (subject to hydrolysis) is 1. The largest absolute Gasteiger partial charge is 0.444 e. The maximum absolute atomic E-state index is 11.5. The zero-order valence-electron chi connectivity index (χ0n) is 14.4. The lowest BCUT2D eigenvalue weighted by molar-refractivity contribution is 0.0529. The van der Waals surface area contributed by atoms with Gasteiger partial charge in [-0.15, -0.1) is 0 Å². The highest BCUT2D eigenvalue weighted by molar-refractivity contribution is 5.79. The van der Waals surface area contributed by atoms with Crippen LogP contribution < -0.4 is 16.0 Å². The van der Waals surface area contributed by atoms with E-state index in [1.54, 1.807) is 0 Å². The summed E-state index contributed by atoms with van der Waals surface area (Å²) in [6.07, 6.45) is 0.665. The van der Waals surface area contributed by atoms with Crippen LogP contribution in [0.2, 0.25) is 0 Å². The first kappa shape index (κ1) is 19.5. The monoisotopic (exact) mass is 300 g/mol. The molecule has 124 valence electrons. The van der Waals surface area contributed by atoms with E-state index in [0.29, 0.717) is 19.0 Å². The number of hydrogen-bond donors (Lipinski definition) is 3. The second-order valence-electron chi connectivity index (χ2n) is 6.30. The fourth-order valence-corrected chi connectivity index (χ4v) is 1.44. The highest BCUT2D eigenvalue weighted by atomic mass is 16.6. The number of nitrogens with one attached hydrogen (secondary N) is 3. The Balaban J connectivity index is 3.95. The molecule has 6 heteroatoms. The Morgan fingerprint density at radius 3 is 2.29 bits per heavy atom. The van der Waals surface area contributed by atoms with Crippen LogP contribution in [0.3, 0.4) is 0 Å². The number of rotatable bonds is 7. The minimum Gasteiger partial charge on any atom is -0.444 e. The van der Waals surface area contributed by atoms with Crippen LogP contribution in [0.1, 0.15) is 48.0 Å². The number of guanidine groups is 1. The van der Waals surface area contributed by atoms with Crippen molar-refractivity contribution >= 4 is 12.1 Å². The molecule has 0 atom stereocenters. The molecule has 0 aliphatic heterocycles. The number of ether oxygens (including phenoxy) is 1. The Morgan fingerprint density at radius 2 is 1.76 bits per heavy atom. The third-order valence-electron chi connectivity index (χ3n) is 2.41. The molecule has 1 amide bonds. The van der Waals surface area contributed by atoms with E-state index in [2.05, 4.69) is 34.8 Å². The SMILES string of the molecule is CCNC(=NCCC(C)C)NCCNC(=O)OC(C)(C)C. The molecule has 0 aromatic carbocycles. The van der Waals surface area contributed by atoms with Crippen LogP contribution in [-0.4, -0.2) is 43.8 Å². The zero-order chi connectivity index (χ0) is 16.3. The standard InChI is InChI=1S/C15H32N4O2/c1-7-16-13(17-9-8-12(2)3)18-10-11-19-14(20)21-15(4,5)6/h12H,7-11H2,1-6H3,(H,19,20)(H2,16,17,18). The summed E-state index contributed by atoms with van der Waals surface area (Å²) in [5.74, 6) is 1.43. The number of carbonyl (C=O) groups excluding carboxylic acids is 1. The summed E-state index contributed by atoms with van der Waals surface area (Å²) in [5.41, 5.74) is -0.468. The third kappa shape index (κ3) is 13.3. The van der Waals surface area contributed by atoms with E-state index in [4.69, 9.17) is 4.74 Å². The first-order valence-electron chi connectivity index (χ1n) is 7.73. The molecule has 0 aromatic rings. The Labute approximate surface area is 129 Å². The van der Waals surface area contributed by atoms with Crippen molar-refractivity contribution in [1.29, 1.82) is 0 Å². The van der Waals surface area contributed by atoms with Crippen LogP contribution in [0.25, 0.3) is 0 Å². The van der Waals surface area contributed by atoms with Crippen LogP contribution in [0.4, 0.5) is 4.79 Å². The van der Waals surface area contributed by atoms with Crippen molar-refractivity contribution in [3.8, 4) is 0 Å². The topological polar surface area (TPSA) is 74.8 Å². The number of aliphatic imine (C=N–C) groups is 1. The molecule has 6 nitrogen and oxygen atoms in total. The second kappa shape index (κ2) is 10.3. The summed E-state index contributed by atoms with van der Waals surface area (Å²) in [7, 11) is 0. The molecule has 0 aliphatic carbocycles. The van der Waals surface area contributed by atoms with E-state index in [9.17, 15) is 4.79 Å².